The lowest BCUT2D eigenvalue weighted by Gasteiger charge is -2.37. The number of aromatic nitrogens is 4. The first kappa shape index (κ1) is 28.4. The molecule has 1 aliphatic carbocycles. The fraction of sp³-hybridized carbons (Fsp3) is 0.323. The zero-order valence-corrected chi connectivity index (χ0v) is 24.2. The Hall–Kier alpha value is -4.08. The van der Waals surface area contributed by atoms with Gasteiger partial charge in [-0.2, -0.15) is 0 Å². The van der Waals surface area contributed by atoms with Crippen LogP contribution in [0.4, 0.5) is 11.6 Å². The van der Waals surface area contributed by atoms with Gasteiger partial charge in [0.1, 0.15) is 5.69 Å². The van der Waals surface area contributed by atoms with Crippen molar-refractivity contribution in [3.63, 3.8) is 0 Å². The Kier molecular flexibility index (Phi) is 8.46. The number of Topliss-reactive ketones (excluding diaryl/α,β-unsaturated/α-hetero) is 1. The molecule has 0 spiro atoms. The third-order valence-electron chi connectivity index (χ3n) is 7.45. The van der Waals surface area contributed by atoms with Gasteiger partial charge in [-0.25, -0.2) is 9.97 Å². The molecule has 3 aromatic heterocycles. The highest BCUT2D eigenvalue weighted by Crippen LogP contribution is 2.40. The number of hydrogen-bond acceptors (Lipinski definition) is 7. The summed E-state index contributed by atoms with van der Waals surface area (Å²) in [5, 5.41) is 7.74. The number of carbonyl (C=O) groups is 2. The van der Waals surface area contributed by atoms with Crippen LogP contribution in [-0.2, 0) is 4.79 Å². The number of benzene rings is 1. The number of rotatable bonds is 9. The first-order valence-electron chi connectivity index (χ1n) is 13.7. The number of anilines is 2. The van der Waals surface area contributed by atoms with Gasteiger partial charge in [-0.3, -0.25) is 14.6 Å². The molecule has 0 bridgehead atoms. The van der Waals surface area contributed by atoms with Gasteiger partial charge in [0, 0.05) is 46.7 Å². The maximum Gasteiger partial charge on any atom is 0.248 e. The lowest BCUT2D eigenvalue weighted by molar-refractivity contribution is -0.111. The second kappa shape index (κ2) is 12.2. The van der Waals surface area contributed by atoms with E-state index in [0.717, 1.165) is 35.7 Å². The van der Waals surface area contributed by atoms with Gasteiger partial charge >= 0.3 is 0 Å². The van der Waals surface area contributed by atoms with Crippen LogP contribution < -0.4 is 10.6 Å². The predicted octanol–water partition coefficient (Wildman–Crippen LogP) is 5.97. The van der Waals surface area contributed by atoms with Crippen LogP contribution in [0.2, 0.25) is 5.02 Å². The van der Waals surface area contributed by atoms with E-state index in [9.17, 15) is 9.59 Å². The molecule has 4 aromatic rings. The highest BCUT2D eigenvalue weighted by molar-refractivity contribution is 6.33. The Labute approximate surface area is 244 Å². The molecule has 1 amide bonds. The van der Waals surface area contributed by atoms with Crippen LogP contribution >= 0.6 is 11.6 Å². The van der Waals surface area contributed by atoms with Crippen molar-refractivity contribution in [3.8, 4) is 11.3 Å². The van der Waals surface area contributed by atoms with E-state index in [1.54, 1.807) is 24.4 Å². The summed E-state index contributed by atoms with van der Waals surface area (Å²) in [6.45, 7) is 2.67. The van der Waals surface area contributed by atoms with Crippen LogP contribution in [0.5, 0.6) is 0 Å². The van der Waals surface area contributed by atoms with Crippen LogP contribution in [0.3, 0.4) is 0 Å². The first-order valence-corrected chi connectivity index (χ1v) is 14.1. The predicted molar refractivity (Wildman–Crippen MR) is 163 cm³/mol. The number of nitrogens with one attached hydrogen (secondary N) is 3. The van der Waals surface area contributed by atoms with Crippen molar-refractivity contribution < 1.29 is 9.59 Å². The highest BCUT2D eigenvalue weighted by Gasteiger charge is 2.39. The quantitative estimate of drug-likeness (QED) is 0.167. The van der Waals surface area contributed by atoms with Gasteiger partial charge < -0.3 is 20.5 Å². The summed E-state index contributed by atoms with van der Waals surface area (Å²) in [5.41, 5.74) is 2.92. The Balaban J connectivity index is 1.25. The highest BCUT2D eigenvalue weighted by atomic mass is 35.5. The molecule has 41 heavy (non-hydrogen) atoms. The van der Waals surface area contributed by atoms with Crippen molar-refractivity contribution in [2.24, 2.45) is 5.41 Å². The third-order valence-corrected chi connectivity index (χ3v) is 7.73. The maximum atomic E-state index is 13.6. The van der Waals surface area contributed by atoms with Crippen LogP contribution in [0.15, 0.2) is 67.1 Å². The van der Waals surface area contributed by atoms with E-state index in [0.29, 0.717) is 41.0 Å². The zero-order valence-electron chi connectivity index (χ0n) is 23.4. The van der Waals surface area contributed by atoms with Gasteiger partial charge in [-0.1, -0.05) is 49.2 Å². The van der Waals surface area contributed by atoms with E-state index in [4.69, 9.17) is 16.6 Å². The molecule has 2 atom stereocenters. The topological polar surface area (TPSA) is 116 Å². The number of likely N-dealkylation sites (N-methyl/N-ethyl adjacent to an activating group) is 1. The van der Waals surface area contributed by atoms with E-state index in [1.807, 2.05) is 56.4 Å². The molecule has 212 valence electrons. The number of hydrogen-bond donors (Lipinski definition) is 3. The molecule has 5 rings (SSSR count). The molecular formula is C31H34ClN7O2. The molecule has 10 heteroatoms. The van der Waals surface area contributed by atoms with Crippen molar-refractivity contribution in [3.05, 3.63) is 77.9 Å². The lowest BCUT2D eigenvalue weighted by atomic mass is 9.70. The monoisotopic (exact) mass is 571 g/mol. The Morgan fingerprint density at radius 2 is 2.00 bits per heavy atom. The van der Waals surface area contributed by atoms with Crippen molar-refractivity contribution in [1.82, 2.24) is 24.8 Å². The van der Waals surface area contributed by atoms with Gasteiger partial charge in [0.05, 0.1) is 28.8 Å². The zero-order chi connectivity index (χ0) is 29.0. The van der Waals surface area contributed by atoms with Crippen LogP contribution in [0, 0.1) is 5.41 Å². The number of nitrogens with zero attached hydrogens (tertiary/aromatic N) is 4. The number of carbonyl (C=O) groups excluding carboxylic acids is 2. The maximum absolute atomic E-state index is 13.6. The van der Waals surface area contributed by atoms with Crippen LogP contribution in [0.1, 0.15) is 43.1 Å². The second-order valence-electron chi connectivity index (χ2n) is 11.1. The minimum atomic E-state index is -0.589. The summed E-state index contributed by atoms with van der Waals surface area (Å²) in [7, 11) is 3.86. The molecule has 1 aliphatic rings. The smallest absolute Gasteiger partial charge is 0.248 e. The molecule has 3 heterocycles. The number of amides is 1. The molecule has 1 fully saturated rings. The Morgan fingerprint density at radius 3 is 2.78 bits per heavy atom. The van der Waals surface area contributed by atoms with Crippen molar-refractivity contribution in [2.75, 3.05) is 31.3 Å². The van der Waals surface area contributed by atoms with E-state index in [1.165, 1.54) is 12.3 Å². The van der Waals surface area contributed by atoms with E-state index < -0.39 is 5.41 Å². The molecule has 9 nitrogen and oxygen atoms in total. The number of ketones is 1. The average molecular weight is 572 g/mol. The number of H-pyrrole nitrogens is 1. The standard InChI is InChI=1S/C31H34ClN7O2/c1-31(29(41)26-13-12-21(17-33-26)36-27(40)11-7-15-39(2)3)14-6-8-20(16-31)37-30-35-19-24(32)28(38-30)23-18-34-25-10-5-4-9-22(23)25/h4-5,7,9-13,17-20,34H,6,8,14-16H2,1-3H3,(H,36,40)(H,35,37,38)/b11-7+. The van der Waals surface area contributed by atoms with E-state index >= 15 is 0 Å². The molecule has 0 saturated heterocycles. The van der Waals surface area contributed by atoms with Crippen LogP contribution in [0.25, 0.3) is 22.2 Å². The average Bonchev–Trinajstić information content (AvgIpc) is 3.38. The summed E-state index contributed by atoms with van der Waals surface area (Å²) in [4.78, 5) is 44.5. The van der Waals surface area contributed by atoms with Crippen molar-refractivity contribution >= 4 is 45.8 Å². The van der Waals surface area contributed by atoms with Crippen molar-refractivity contribution in [1.29, 1.82) is 0 Å². The van der Waals surface area contributed by atoms with Gasteiger partial charge in [0.25, 0.3) is 0 Å². The minimum Gasteiger partial charge on any atom is -0.360 e. The number of aromatic amines is 1. The molecular weight excluding hydrogens is 538 g/mol. The third kappa shape index (κ3) is 6.64. The summed E-state index contributed by atoms with van der Waals surface area (Å²) >= 11 is 6.51. The number of halogens is 1. The Morgan fingerprint density at radius 1 is 1.17 bits per heavy atom. The molecule has 3 N–H and O–H groups in total. The fourth-order valence-electron chi connectivity index (χ4n) is 5.36. The second-order valence-corrected chi connectivity index (χ2v) is 11.5. The summed E-state index contributed by atoms with van der Waals surface area (Å²) in [6, 6.07) is 11.4. The van der Waals surface area contributed by atoms with Gasteiger partial charge in [-0.05, 0) is 51.6 Å². The first-order chi connectivity index (χ1) is 19.7. The normalized spacial score (nSPS) is 19.1. The fourth-order valence-corrected chi connectivity index (χ4v) is 5.55. The van der Waals surface area contributed by atoms with Gasteiger partial charge in [0.15, 0.2) is 5.78 Å². The molecule has 1 saturated carbocycles. The van der Waals surface area contributed by atoms with Crippen molar-refractivity contribution in [2.45, 2.75) is 38.6 Å². The lowest BCUT2D eigenvalue weighted by Crippen LogP contribution is -2.39. The number of fused-ring (bicyclic) bond motifs is 1. The SMILES string of the molecule is CN(C)C/C=C/C(=O)Nc1ccc(C(=O)C2(C)CCCC(Nc3ncc(Cl)c(-c4c[nH]c5ccccc45)n3)C2)nc1. The molecule has 1 aromatic carbocycles. The summed E-state index contributed by atoms with van der Waals surface area (Å²) in [6.07, 6.45) is 11.5. The summed E-state index contributed by atoms with van der Waals surface area (Å²) < 4.78 is 0. The largest absolute Gasteiger partial charge is 0.360 e. The van der Waals surface area contributed by atoms with Gasteiger partial charge in [0.2, 0.25) is 11.9 Å². The Bertz CT molecular complexity index is 1580. The number of pyridine rings is 1. The molecule has 2 unspecified atom stereocenters. The molecule has 0 aliphatic heterocycles. The van der Waals surface area contributed by atoms with Crippen LogP contribution in [-0.4, -0.2) is 63.2 Å². The number of para-hydroxylation sites is 1. The van der Waals surface area contributed by atoms with E-state index in [2.05, 4.69) is 25.6 Å². The van der Waals surface area contributed by atoms with E-state index in [-0.39, 0.29) is 17.7 Å². The minimum absolute atomic E-state index is 0.00994. The van der Waals surface area contributed by atoms with Gasteiger partial charge in [-0.15, -0.1) is 0 Å². The summed E-state index contributed by atoms with van der Waals surface area (Å²) in [5.74, 6) is 0.233. The molecule has 0 radical (unpaired) electrons.